The lowest BCUT2D eigenvalue weighted by atomic mass is 10.2. The highest BCUT2D eigenvalue weighted by atomic mass is 35.5. The number of nitro groups is 1. The first-order chi connectivity index (χ1) is 12.4. The fourth-order valence-electron chi connectivity index (χ4n) is 2.21. The van der Waals surface area contributed by atoms with Crippen molar-refractivity contribution in [3.05, 3.63) is 57.1 Å². The maximum Gasteiger partial charge on any atom is 0.345 e. The van der Waals surface area contributed by atoms with Gasteiger partial charge in [-0.15, -0.1) is 0 Å². The molecular weight excluding hydrogens is 368 g/mol. The predicted molar refractivity (Wildman–Crippen MR) is 89.6 cm³/mol. The van der Waals surface area contributed by atoms with E-state index in [2.05, 4.69) is 5.32 Å². The summed E-state index contributed by atoms with van der Waals surface area (Å²) in [6.07, 6.45) is 0. The molecule has 0 saturated heterocycles. The van der Waals surface area contributed by atoms with Crippen molar-refractivity contribution in [2.75, 3.05) is 18.7 Å². The van der Waals surface area contributed by atoms with Gasteiger partial charge < -0.3 is 19.5 Å². The Morgan fingerprint density at radius 1 is 1.19 bits per heavy atom. The molecule has 2 aromatic carbocycles. The van der Waals surface area contributed by atoms with Crippen molar-refractivity contribution < 1.29 is 28.7 Å². The van der Waals surface area contributed by atoms with Gasteiger partial charge in [-0.1, -0.05) is 11.6 Å². The first-order valence-electron chi connectivity index (χ1n) is 7.24. The third-order valence-corrected chi connectivity index (χ3v) is 3.60. The lowest BCUT2D eigenvalue weighted by molar-refractivity contribution is -0.385. The fourth-order valence-corrected chi connectivity index (χ4v) is 2.38. The van der Waals surface area contributed by atoms with Crippen LogP contribution in [0.4, 0.5) is 11.4 Å². The van der Waals surface area contributed by atoms with E-state index in [1.165, 1.54) is 12.1 Å². The number of nitro benzene ring substituents is 1. The summed E-state index contributed by atoms with van der Waals surface area (Å²) in [7, 11) is 0. The number of fused-ring (bicyclic) bond motifs is 1. The van der Waals surface area contributed by atoms with Crippen molar-refractivity contribution in [2.24, 2.45) is 0 Å². The molecule has 0 fully saturated rings. The Balaban J connectivity index is 1.61. The van der Waals surface area contributed by atoms with Gasteiger partial charge in [0.1, 0.15) is 5.56 Å². The number of hydrogen-bond acceptors (Lipinski definition) is 7. The van der Waals surface area contributed by atoms with Crippen LogP contribution in [0.3, 0.4) is 0 Å². The number of benzene rings is 2. The summed E-state index contributed by atoms with van der Waals surface area (Å²) in [5.41, 5.74) is -0.373. The molecule has 9 nitrogen and oxygen atoms in total. The minimum absolute atomic E-state index is 0.101. The number of hydrogen-bond donors (Lipinski definition) is 1. The fraction of sp³-hybridized carbons (Fsp3) is 0.125. The van der Waals surface area contributed by atoms with Crippen molar-refractivity contribution in [3.8, 4) is 11.5 Å². The van der Waals surface area contributed by atoms with Crippen LogP contribution in [-0.2, 0) is 9.53 Å². The molecule has 1 aliphatic heterocycles. The molecule has 1 aliphatic rings. The Labute approximate surface area is 151 Å². The third-order valence-electron chi connectivity index (χ3n) is 3.37. The Bertz CT molecular complexity index is 900. The van der Waals surface area contributed by atoms with Gasteiger partial charge in [-0.2, -0.15) is 0 Å². The summed E-state index contributed by atoms with van der Waals surface area (Å²) in [6.45, 7) is -0.517. The average Bonchev–Trinajstić information content (AvgIpc) is 3.07. The number of ether oxygens (including phenoxy) is 3. The molecular formula is C16H11ClN2O7. The van der Waals surface area contributed by atoms with Crippen LogP contribution in [0.15, 0.2) is 36.4 Å². The molecule has 0 unspecified atom stereocenters. The van der Waals surface area contributed by atoms with Crippen LogP contribution in [0.2, 0.25) is 5.02 Å². The van der Waals surface area contributed by atoms with Gasteiger partial charge in [-0.05, 0) is 24.3 Å². The summed E-state index contributed by atoms with van der Waals surface area (Å²) < 4.78 is 15.2. The number of nitrogens with one attached hydrogen (secondary N) is 1. The van der Waals surface area contributed by atoms with Crippen LogP contribution in [0.5, 0.6) is 11.5 Å². The number of anilines is 1. The lowest BCUT2D eigenvalue weighted by Crippen LogP contribution is -2.21. The lowest BCUT2D eigenvalue weighted by Gasteiger charge is -2.08. The van der Waals surface area contributed by atoms with Crippen LogP contribution in [0.25, 0.3) is 0 Å². The summed E-state index contributed by atoms with van der Waals surface area (Å²) in [6, 6.07) is 8.30. The standard InChI is InChI=1S/C16H11ClN2O7/c17-9-1-3-11(12(5-9)19(22)23)16(21)24-7-15(20)18-10-2-4-13-14(6-10)26-8-25-13/h1-6H,7-8H2,(H,18,20). The van der Waals surface area contributed by atoms with E-state index in [1.807, 2.05) is 0 Å². The molecule has 3 rings (SSSR count). The first-order valence-corrected chi connectivity index (χ1v) is 7.62. The van der Waals surface area contributed by atoms with Crippen molar-refractivity contribution in [3.63, 3.8) is 0 Å². The van der Waals surface area contributed by atoms with Crippen LogP contribution < -0.4 is 14.8 Å². The Kier molecular flexibility index (Phi) is 4.90. The molecule has 26 heavy (non-hydrogen) atoms. The van der Waals surface area contributed by atoms with Crippen LogP contribution in [0, 0.1) is 10.1 Å². The summed E-state index contributed by atoms with van der Waals surface area (Å²) in [4.78, 5) is 34.1. The summed E-state index contributed by atoms with van der Waals surface area (Å²) in [5, 5.41) is 13.6. The molecule has 2 aromatic rings. The van der Waals surface area contributed by atoms with E-state index in [0.29, 0.717) is 17.2 Å². The molecule has 134 valence electrons. The molecule has 0 bridgehead atoms. The zero-order valence-electron chi connectivity index (χ0n) is 13.1. The van der Waals surface area contributed by atoms with Crippen molar-refractivity contribution in [1.29, 1.82) is 0 Å². The molecule has 1 heterocycles. The van der Waals surface area contributed by atoms with E-state index in [-0.39, 0.29) is 17.4 Å². The Morgan fingerprint density at radius 2 is 1.96 bits per heavy atom. The van der Waals surface area contributed by atoms with E-state index in [1.54, 1.807) is 18.2 Å². The maximum atomic E-state index is 12.0. The SMILES string of the molecule is O=C(COC(=O)c1ccc(Cl)cc1[N+](=O)[O-])Nc1ccc2c(c1)OCO2. The topological polar surface area (TPSA) is 117 Å². The van der Waals surface area contributed by atoms with Crippen molar-refractivity contribution in [1.82, 2.24) is 0 Å². The van der Waals surface area contributed by atoms with E-state index in [4.69, 9.17) is 25.8 Å². The van der Waals surface area contributed by atoms with Crippen LogP contribution in [0.1, 0.15) is 10.4 Å². The number of amides is 1. The largest absolute Gasteiger partial charge is 0.454 e. The second kappa shape index (κ2) is 7.28. The smallest absolute Gasteiger partial charge is 0.345 e. The number of esters is 1. The average molecular weight is 379 g/mol. The molecule has 0 aromatic heterocycles. The minimum Gasteiger partial charge on any atom is -0.454 e. The van der Waals surface area contributed by atoms with Gasteiger partial charge in [0.15, 0.2) is 18.1 Å². The Hall–Kier alpha value is -3.33. The van der Waals surface area contributed by atoms with Gasteiger partial charge in [0.2, 0.25) is 6.79 Å². The molecule has 0 aliphatic carbocycles. The van der Waals surface area contributed by atoms with Gasteiger partial charge in [0, 0.05) is 22.8 Å². The normalized spacial score (nSPS) is 11.7. The summed E-state index contributed by atoms with van der Waals surface area (Å²) in [5.74, 6) is -0.580. The van der Waals surface area contributed by atoms with Gasteiger partial charge >= 0.3 is 5.97 Å². The van der Waals surface area contributed by atoms with Crippen molar-refractivity contribution >= 4 is 34.9 Å². The number of carbonyl (C=O) groups is 2. The highest BCUT2D eigenvalue weighted by molar-refractivity contribution is 6.31. The highest BCUT2D eigenvalue weighted by Crippen LogP contribution is 2.34. The van der Waals surface area contributed by atoms with Gasteiger partial charge in [-0.25, -0.2) is 4.79 Å². The molecule has 0 atom stereocenters. The molecule has 0 spiro atoms. The predicted octanol–water partition coefficient (Wildman–Crippen LogP) is 2.77. The third kappa shape index (κ3) is 3.83. The Morgan fingerprint density at radius 3 is 2.73 bits per heavy atom. The minimum atomic E-state index is -1.01. The second-order valence-electron chi connectivity index (χ2n) is 5.11. The molecule has 0 radical (unpaired) electrons. The molecule has 1 amide bonds. The van der Waals surface area contributed by atoms with Crippen LogP contribution >= 0.6 is 11.6 Å². The first kappa shape index (κ1) is 17.5. The number of halogens is 1. The number of rotatable bonds is 5. The number of carbonyl (C=O) groups excluding carboxylic acids is 2. The van der Waals surface area contributed by atoms with E-state index in [9.17, 15) is 19.7 Å². The van der Waals surface area contributed by atoms with E-state index < -0.39 is 29.1 Å². The van der Waals surface area contributed by atoms with Crippen molar-refractivity contribution in [2.45, 2.75) is 0 Å². The molecule has 1 N–H and O–H groups in total. The van der Waals surface area contributed by atoms with Gasteiger partial charge in [0.25, 0.3) is 11.6 Å². The highest BCUT2D eigenvalue weighted by Gasteiger charge is 2.22. The molecule has 10 heteroatoms. The monoisotopic (exact) mass is 378 g/mol. The van der Waals surface area contributed by atoms with Gasteiger partial charge in [0.05, 0.1) is 4.92 Å². The molecule has 0 saturated carbocycles. The van der Waals surface area contributed by atoms with Crippen LogP contribution in [-0.4, -0.2) is 30.2 Å². The summed E-state index contributed by atoms with van der Waals surface area (Å²) >= 11 is 5.68. The maximum absolute atomic E-state index is 12.0. The van der Waals surface area contributed by atoms with E-state index >= 15 is 0 Å². The zero-order valence-corrected chi connectivity index (χ0v) is 13.8. The van der Waals surface area contributed by atoms with E-state index in [0.717, 1.165) is 6.07 Å². The van der Waals surface area contributed by atoms with Gasteiger partial charge in [-0.3, -0.25) is 14.9 Å². The zero-order chi connectivity index (χ0) is 18.7. The quantitative estimate of drug-likeness (QED) is 0.483. The number of nitrogens with zero attached hydrogens (tertiary/aromatic N) is 1. The second-order valence-corrected chi connectivity index (χ2v) is 5.55.